The number of aliphatic hydroxyl groups excluding tert-OH is 2. The zero-order valence-corrected chi connectivity index (χ0v) is 9.89. The number of carboxylic acids is 1. The maximum Gasteiger partial charge on any atom is 0.321 e. The molecule has 3 atom stereocenters. The molecule has 0 amide bonds. The Morgan fingerprint density at radius 2 is 1.67 bits per heavy atom. The number of aliphatic carboxylic acids is 1. The van der Waals surface area contributed by atoms with Crippen molar-refractivity contribution in [3.63, 3.8) is 0 Å². The molecule has 15 heavy (non-hydrogen) atoms. The smallest absolute Gasteiger partial charge is 0.321 e. The van der Waals surface area contributed by atoms with Crippen LogP contribution in [0.5, 0.6) is 0 Å². The average molecular weight is 237 g/mol. The van der Waals surface area contributed by atoms with Gasteiger partial charge in [-0.1, -0.05) is 0 Å². The van der Waals surface area contributed by atoms with Crippen LogP contribution >= 0.6 is 12.6 Å². The fourth-order valence-electron chi connectivity index (χ4n) is 1.36. The standard InChI is InChI=1S/C9H19NO4S/c1-6(11)3-10(4-7(2)12)8(5-15)9(13)14/h6-8,11-12,15H,3-5H2,1-2H3,(H,13,14). The molecule has 0 rings (SSSR count). The first-order valence-electron chi connectivity index (χ1n) is 4.82. The monoisotopic (exact) mass is 237 g/mol. The molecule has 0 aromatic carbocycles. The van der Waals surface area contributed by atoms with Gasteiger partial charge >= 0.3 is 5.97 Å². The van der Waals surface area contributed by atoms with E-state index in [1.807, 2.05) is 0 Å². The minimum absolute atomic E-state index is 0.148. The van der Waals surface area contributed by atoms with E-state index in [1.54, 1.807) is 13.8 Å². The number of thiol groups is 1. The second-order valence-electron chi connectivity index (χ2n) is 3.69. The molecule has 6 heteroatoms. The van der Waals surface area contributed by atoms with E-state index in [0.717, 1.165) is 0 Å². The fourth-order valence-corrected chi connectivity index (χ4v) is 1.74. The van der Waals surface area contributed by atoms with Gasteiger partial charge in [-0.15, -0.1) is 0 Å². The molecule has 0 saturated carbocycles. The maximum absolute atomic E-state index is 10.9. The molecule has 0 aromatic heterocycles. The van der Waals surface area contributed by atoms with Crippen molar-refractivity contribution in [3.05, 3.63) is 0 Å². The molecular formula is C9H19NO4S. The van der Waals surface area contributed by atoms with Crippen LogP contribution in [0.4, 0.5) is 0 Å². The molecule has 0 heterocycles. The van der Waals surface area contributed by atoms with Gasteiger partial charge in [-0.3, -0.25) is 9.69 Å². The predicted octanol–water partition coefficient (Wildman–Crippen LogP) is -0.567. The van der Waals surface area contributed by atoms with Crippen LogP contribution < -0.4 is 0 Å². The summed E-state index contributed by atoms with van der Waals surface area (Å²) in [4.78, 5) is 12.4. The highest BCUT2D eigenvalue weighted by molar-refractivity contribution is 7.80. The molecule has 0 aliphatic rings. The largest absolute Gasteiger partial charge is 0.480 e. The predicted molar refractivity (Wildman–Crippen MR) is 60.2 cm³/mol. The van der Waals surface area contributed by atoms with Crippen LogP contribution in [-0.4, -0.2) is 63.3 Å². The van der Waals surface area contributed by atoms with E-state index < -0.39 is 24.2 Å². The summed E-state index contributed by atoms with van der Waals surface area (Å²) in [6, 6.07) is -0.780. The quantitative estimate of drug-likeness (QED) is 0.446. The van der Waals surface area contributed by atoms with E-state index >= 15 is 0 Å². The Bertz CT molecular complexity index is 189. The summed E-state index contributed by atoms with van der Waals surface area (Å²) < 4.78 is 0. The fraction of sp³-hybridized carbons (Fsp3) is 0.889. The molecule has 0 fully saturated rings. The number of carbonyl (C=O) groups is 1. The molecule has 0 spiro atoms. The van der Waals surface area contributed by atoms with Gasteiger partial charge in [0.15, 0.2) is 0 Å². The van der Waals surface area contributed by atoms with Crippen molar-refractivity contribution >= 4 is 18.6 Å². The van der Waals surface area contributed by atoms with Gasteiger partial charge in [0.2, 0.25) is 0 Å². The Morgan fingerprint density at radius 3 is 1.87 bits per heavy atom. The van der Waals surface area contributed by atoms with E-state index in [9.17, 15) is 15.0 Å². The van der Waals surface area contributed by atoms with Crippen molar-refractivity contribution in [2.75, 3.05) is 18.8 Å². The Labute approximate surface area is 95.1 Å². The number of carboxylic acid groups (broad SMARTS) is 1. The Morgan fingerprint density at radius 1 is 1.27 bits per heavy atom. The average Bonchev–Trinajstić information content (AvgIpc) is 2.01. The minimum Gasteiger partial charge on any atom is -0.480 e. The first-order valence-corrected chi connectivity index (χ1v) is 5.45. The highest BCUT2D eigenvalue weighted by Crippen LogP contribution is 2.05. The SMILES string of the molecule is CC(O)CN(CC(C)O)C(CS)C(=O)O. The lowest BCUT2D eigenvalue weighted by atomic mass is 10.2. The van der Waals surface area contributed by atoms with Gasteiger partial charge < -0.3 is 15.3 Å². The lowest BCUT2D eigenvalue weighted by molar-refractivity contribution is -0.143. The van der Waals surface area contributed by atoms with Crippen molar-refractivity contribution in [2.24, 2.45) is 0 Å². The highest BCUT2D eigenvalue weighted by atomic mass is 32.1. The molecule has 0 saturated heterocycles. The van der Waals surface area contributed by atoms with Crippen molar-refractivity contribution in [1.29, 1.82) is 0 Å². The van der Waals surface area contributed by atoms with Crippen LogP contribution in [0.1, 0.15) is 13.8 Å². The molecule has 90 valence electrons. The Balaban J connectivity index is 4.50. The van der Waals surface area contributed by atoms with Gasteiger partial charge in [-0.25, -0.2) is 0 Å². The van der Waals surface area contributed by atoms with E-state index in [2.05, 4.69) is 12.6 Å². The van der Waals surface area contributed by atoms with E-state index in [1.165, 1.54) is 4.90 Å². The molecular weight excluding hydrogens is 218 g/mol. The highest BCUT2D eigenvalue weighted by Gasteiger charge is 2.25. The third kappa shape index (κ3) is 5.99. The van der Waals surface area contributed by atoms with Crippen LogP contribution in [0.15, 0.2) is 0 Å². The number of hydrogen-bond acceptors (Lipinski definition) is 5. The van der Waals surface area contributed by atoms with Crippen molar-refractivity contribution in [2.45, 2.75) is 32.1 Å². The summed E-state index contributed by atoms with van der Waals surface area (Å²) in [5, 5.41) is 27.4. The number of hydrogen-bond donors (Lipinski definition) is 4. The first-order chi connectivity index (χ1) is 6.88. The lowest BCUT2D eigenvalue weighted by Crippen LogP contribution is -2.48. The molecule has 3 unspecified atom stereocenters. The minimum atomic E-state index is -0.994. The molecule has 0 radical (unpaired) electrons. The zero-order valence-electron chi connectivity index (χ0n) is 9.00. The van der Waals surface area contributed by atoms with Crippen molar-refractivity contribution in [3.8, 4) is 0 Å². The third-order valence-electron chi connectivity index (χ3n) is 1.90. The van der Waals surface area contributed by atoms with E-state index in [-0.39, 0.29) is 18.8 Å². The summed E-state index contributed by atoms with van der Waals surface area (Å²) in [7, 11) is 0. The molecule has 0 bridgehead atoms. The van der Waals surface area contributed by atoms with Crippen LogP contribution in [0, 0.1) is 0 Å². The molecule has 5 nitrogen and oxygen atoms in total. The number of nitrogens with zero attached hydrogens (tertiary/aromatic N) is 1. The normalized spacial score (nSPS) is 17.5. The topological polar surface area (TPSA) is 81.0 Å². The summed E-state index contributed by atoms with van der Waals surface area (Å²) in [6.45, 7) is 3.57. The van der Waals surface area contributed by atoms with Crippen molar-refractivity contribution < 1.29 is 20.1 Å². The Hall–Kier alpha value is -0.300. The second-order valence-corrected chi connectivity index (χ2v) is 4.05. The summed E-state index contributed by atoms with van der Waals surface area (Å²) in [5.41, 5.74) is 0. The van der Waals surface area contributed by atoms with Gasteiger partial charge in [0.05, 0.1) is 12.2 Å². The van der Waals surface area contributed by atoms with Crippen LogP contribution in [0.25, 0.3) is 0 Å². The summed E-state index contributed by atoms with van der Waals surface area (Å²) in [5.74, 6) is -0.847. The third-order valence-corrected chi connectivity index (χ3v) is 2.24. The van der Waals surface area contributed by atoms with Gasteiger partial charge in [0.1, 0.15) is 6.04 Å². The molecule has 0 aliphatic carbocycles. The van der Waals surface area contributed by atoms with Gasteiger partial charge in [0.25, 0.3) is 0 Å². The Kier molecular flexibility index (Phi) is 6.91. The van der Waals surface area contributed by atoms with Crippen LogP contribution in [0.2, 0.25) is 0 Å². The van der Waals surface area contributed by atoms with Gasteiger partial charge in [0, 0.05) is 18.8 Å². The second kappa shape index (κ2) is 7.05. The molecule has 0 aromatic rings. The maximum atomic E-state index is 10.9. The van der Waals surface area contributed by atoms with E-state index in [0.29, 0.717) is 0 Å². The lowest BCUT2D eigenvalue weighted by Gasteiger charge is -2.29. The van der Waals surface area contributed by atoms with Gasteiger partial charge in [-0.2, -0.15) is 12.6 Å². The van der Waals surface area contributed by atoms with Crippen LogP contribution in [0.3, 0.4) is 0 Å². The summed E-state index contributed by atoms with van der Waals surface area (Å²) in [6.07, 6.45) is -1.27. The number of aliphatic hydroxyl groups is 2. The zero-order chi connectivity index (χ0) is 12.0. The van der Waals surface area contributed by atoms with Gasteiger partial charge in [-0.05, 0) is 13.8 Å². The van der Waals surface area contributed by atoms with Crippen LogP contribution in [-0.2, 0) is 4.79 Å². The summed E-state index contributed by atoms with van der Waals surface area (Å²) >= 11 is 3.95. The molecule has 0 aliphatic heterocycles. The van der Waals surface area contributed by atoms with E-state index in [4.69, 9.17) is 5.11 Å². The first kappa shape index (κ1) is 14.7. The number of rotatable bonds is 7. The molecule has 3 N–H and O–H groups in total. The van der Waals surface area contributed by atoms with Crippen molar-refractivity contribution in [1.82, 2.24) is 4.90 Å².